The first-order chi connectivity index (χ1) is 5.18. The Kier molecular flexibility index (Phi) is 2.70. The maximum atomic E-state index is 10.4. The fourth-order valence-electron chi connectivity index (χ4n) is 0.833. The highest BCUT2D eigenvalue weighted by atomic mass is 16.8. The molecule has 4 heteroatoms. The van der Waals surface area contributed by atoms with E-state index in [-0.39, 0.29) is 6.10 Å². The summed E-state index contributed by atoms with van der Waals surface area (Å²) in [5.41, 5.74) is 0. The van der Waals surface area contributed by atoms with Crippen LogP contribution in [0.4, 0.5) is 4.79 Å². The number of cyclic esters (lactones) is 2. The molecule has 0 aromatic carbocycles. The lowest BCUT2D eigenvalue weighted by Crippen LogP contribution is -2.33. The number of rotatable bonds is 3. The highest BCUT2D eigenvalue weighted by molar-refractivity contribution is 5.61. The van der Waals surface area contributed by atoms with Crippen molar-refractivity contribution in [2.24, 2.45) is 0 Å². The SMILES string of the molecule is CC(C)NCC1COC(=O)O1. The maximum absolute atomic E-state index is 10.4. The Labute approximate surface area is 65.9 Å². The summed E-state index contributed by atoms with van der Waals surface area (Å²) in [6.07, 6.45) is -0.662. The van der Waals surface area contributed by atoms with Crippen LogP contribution in [0.2, 0.25) is 0 Å². The zero-order valence-corrected chi connectivity index (χ0v) is 6.79. The van der Waals surface area contributed by atoms with Crippen LogP contribution in [0, 0.1) is 0 Å². The molecule has 0 bridgehead atoms. The molecule has 1 fully saturated rings. The first-order valence-corrected chi connectivity index (χ1v) is 3.75. The van der Waals surface area contributed by atoms with Gasteiger partial charge in [-0.25, -0.2) is 4.79 Å². The first kappa shape index (κ1) is 8.33. The molecule has 1 unspecified atom stereocenters. The lowest BCUT2D eigenvalue weighted by atomic mass is 10.3. The van der Waals surface area contributed by atoms with E-state index in [2.05, 4.69) is 10.1 Å². The van der Waals surface area contributed by atoms with Gasteiger partial charge in [-0.05, 0) is 0 Å². The molecule has 0 aromatic rings. The Morgan fingerprint density at radius 1 is 1.73 bits per heavy atom. The second-order valence-electron chi connectivity index (χ2n) is 2.86. The third-order valence-corrected chi connectivity index (χ3v) is 1.40. The minimum Gasteiger partial charge on any atom is -0.430 e. The van der Waals surface area contributed by atoms with Gasteiger partial charge in [-0.2, -0.15) is 0 Å². The summed E-state index contributed by atoms with van der Waals surface area (Å²) in [6.45, 7) is 5.12. The minimum absolute atomic E-state index is 0.107. The molecule has 4 nitrogen and oxygen atoms in total. The summed E-state index contributed by atoms with van der Waals surface area (Å²) < 4.78 is 9.38. The monoisotopic (exact) mass is 159 g/mol. The predicted octanol–water partition coefficient (Wildman–Crippen LogP) is 0.520. The number of carbonyl (C=O) groups excluding carboxylic acids is 1. The minimum atomic E-state index is -0.555. The van der Waals surface area contributed by atoms with Crippen molar-refractivity contribution in [1.29, 1.82) is 0 Å². The molecule has 1 atom stereocenters. The molecule has 1 rings (SSSR count). The molecular weight excluding hydrogens is 146 g/mol. The van der Waals surface area contributed by atoms with Crippen LogP contribution in [0.15, 0.2) is 0 Å². The Bertz CT molecular complexity index is 147. The molecule has 0 spiro atoms. The lowest BCUT2D eigenvalue weighted by molar-refractivity contribution is 0.117. The first-order valence-electron chi connectivity index (χ1n) is 3.75. The third kappa shape index (κ3) is 2.76. The van der Waals surface area contributed by atoms with E-state index in [1.165, 1.54) is 0 Å². The zero-order valence-electron chi connectivity index (χ0n) is 6.79. The highest BCUT2D eigenvalue weighted by Crippen LogP contribution is 2.04. The van der Waals surface area contributed by atoms with E-state index < -0.39 is 6.16 Å². The highest BCUT2D eigenvalue weighted by Gasteiger charge is 2.24. The summed E-state index contributed by atoms with van der Waals surface area (Å²) >= 11 is 0. The van der Waals surface area contributed by atoms with Crippen LogP contribution >= 0.6 is 0 Å². The fourth-order valence-corrected chi connectivity index (χ4v) is 0.833. The molecule has 64 valence electrons. The Morgan fingerprint density at radius 3 is 2.91 bits per heavy atom. The van der Waals surface area contributed by atoms with Crippen molar-refractivity contribution in [3.05, 3.63) is 0 Å². The topological polar surface area (TPSA) is 47.6 Å². The Hall–Kier alpha value is -0.770. The van der Waals surface area contributed by atoms with Crippen molar-refractivity contribution in [3.63, 3.8) is 0 Å². The standard InChI is InChI=1S/C7H13NO3/c1-5(2)8-3-6-4-10-7(9)11-6/h5-6,8H,3-4H2,1-2H3. The molecule has 0 radical (unpaired) electrons. The van der Waals surface area contributed by atoms with Crippen molar-refractivity contribution < 1.29 is 14.3 Å². The van der Waals surface area contributed by atoms with E-state index in [4.69, 9.17) is 4.74 Å². The van der Waals surface area contributed by atoms with E-state index >= 15 is 0 Å². The summed E-state index contributed by atoms with van der Waals surface area (Å²) in [6, 6.07) is 0.411. The predicted molar refractivity (Wildman–Crippen MR) is 39.4 cm³/mol. The van der Waals surface area contributed by atoms with Gasteiger partial charge in [0, 0.05) is 12.6 Å². The summed E-state index contributed by atoms with van der Waals surface area (Å²) in [5.74, 6) is 0. The largest absolute Gasteiger partial charge is 0.508 e. The number of hydrogen-bond acceptors (Lipinski definition) is 4. The number of nitrogens with one attached hydrogen (secondary N) is 1. The van der Waals surface area contributed by atoms with Crippen LogP contribution in [0.3, 0.4) is 0 Å². The van der Waals surface area contributed by atoms with Gasteiger partial charge in [0.1, 0.15) is 6.61 Å². The van der Waals surface area contributed by atoms with Crippen LogP contribution < -0.4 is 5.32 Å². The van der Waals surface area contributed by atoms with Crippen LogP contribution in [-0.2, 0) is 9.47 Å². The van der Waals surface area contributed by atoms with Crippen molar-refractivity contribution in [3.8, 4) is 0 Å². The number of ether oxygens (including phenoxy) is 2. The maximum Gasteiger partial charge on any atom is 0.508 e. The van der Waals surface area contributed by atoms with Gasteiger partial charge in [0.15, 0.2) is 6.10 Å². The quantitative estimate of drug-likeness (QED) is 0.610. The molecule has 1 aliphatic heterocycles. The van der Waals surface area contributed by atoms with E-state index in [1.807, 2.05) is 13.8 Å². The van der Waals surface area contributed by atoms with Gasteiger partial charge in [0.05, 0.1) is 0 Å². The van der Waals surface area contributed by atoms with Gasteiger partial charge >= 0.3 is 6.16 Å². The molecule has 0 saturated carbocycles. The second kappa shape index (κ2) is 3.57. The van der Waals surface area contributed by atoms with Crippen molar-refractivity contribution in [1.82, 2.24) is 5.32 Å². The fraction of sp³-hybridized carbons (Fsp3) is 0.857. The van der Waals surface area contributed by atoms with Gasteiger partial charge in [0.2, 0.25) is 0 Å². The lowest BCUT2D eigenvalue weighted by Gasteiger charge is -2.10. The normalized spacial score (nSPS) is 23.5. The van der Waals surface area contributed by atoms with E-state index in [0.29, 0.717) is 19.2 Å². The van der Waals surface area contributed by atoms with Crippen molar-refractivity contribution in [2.75, 3.05) is 13.2 Å². The molecule has 1 N–H and O–H groups in total. The molecule has 11 heavy (non-hydrogen) atoms. The number of carbonyl (C=O) groups is 1. The molecule has 1 aliphatic rings. The van der Waals surface area contributed by atoms with Crippen LogP contribution in [0.5, 0.6) is 0 Å². The summed E-state index contributed by atoms with van der Waals surface area (Å²) in [4.78, 5) is 10.4. The van der Waals surface area contributed by atoms with Crippen LogP contribution in [0.1, 0.15) is 13.8 Å². The second-order valence-corrected chi connectivity index (χ2v) is 2.86. The molecule has 0 aromatic heterocycles. The summed E-state index contributed by atoms with van der Waals surface area (Å²) in [5, 5.41) is 3.15. The van der Waals surface area contributed by atoms with Crippen molar-refractivity contribution in [2.45, 2.75) is 26.0 Å². The van der Waals surface area contributed by atoms with Crippen molar-refractivity contribution >= 4 is 6.16 Å². The Morgan fingerprint density at radius 2 is 2.45 bits per heavy atom. The van der Waals surface area contributed by atoms with Crippen LogP contribution in [-0.4, -0.2) is 31.5 Å². The van der Waals surface area contributed by atoms with E-state index in [0.717, 1.165) is 0 Å². The van der Waals surface area contributed by atoms with E-state index in [9.17, 15) is 4.79 Å². The third-order valence-electron chi connectivity index (χ3n) is 1.40. The average Bonchev–Trinajstić information content (AvgIpc) is 2.31. The summed E-state index contributed by atoms with van der Waals surface area (Å²) in [7, 11) is 0. The molecular formula is C7H13NO3. The van der Waals surface area contributed by atoms with Gasteiger partial charge in [0.25, 0.3) is 0 Å². The molecule has 1 heterocycles. The van der Waals surface area contributed by atoms with Gasteiger partial charge in [-0.1, -0.05) is 13.8 Å². The Balaban J connectivity index is 2.13. The van der Waals surface area contributed by atoms with Gasteiger partial charge in [-0.3, -0.25) is 0 Å². The van der Waals surface area contributed by atoms with Gasteiger partial charge in [-0.15, -0.1) is 0 Å². The smallest absolute Gasteiger partial charge is 0.430 e. The average molecular weight is 159 g/mol. The van der Waals surface area contributed by atoms with Crippen LogP contribution in [0.25, 0.3) is 0 Å². The zero-order chi connectivity index (χ0) is 8.27. The number of hydrogen-bond donors (Lipinski definition) is 1. The van der Waals surface area contributed by atoms with Gasteiger partial charge < -0.3 is 14.8 Å². The molecule has 1 saturated heterocycles. The molecule has 0 amide bonds. The molecule has 0 aliphatic carbocycles. The van der Waals surface area contributed by atoms with E-state index in [1.54, 1.807) is 0 Å².